The van der Waals surface area contributed by atoms with E-state index in [-0.39, 0.29) is 18.2 Å². The van der Waals surface area contributed by atoms with E-state index in [1.165, 1.54) is 17.1 Å². The van der Waals surface area contributed by atoms with Crippen molar-refractivity contribution in [3.8, 4) is 0 Å². The Kier molecular flexibility index (Phi) is 3.41. The zero-order valence-corrected chi connectivity index (χ0v) is 12.8. The van der Waals surface area contributed by atoms with Crippen LogP contribution >= 0.6 is 0 Å². The number of hydrazone groups is 1. The number of hydrogen-bond acceptors (Lipinski definition) is 3. The van der Waals surface area contributed by atoms with Crippen LogP contribution in [0.3, 0.4) is 0 Å². The monoisotopic (exact) mass is 326 g/mol. The van der Waals surface area contributed by atoms with Crippen LogP contribution in [0.2, 0.25) is 0 Å². The molecule has 2 aromatic rings. The van der Waals surface area contributed by atoms with Crippen molar-refractivity contribution in [2.24, 2.45) is 5.10 Å². The van der Waals surface area contributed by atoms with Crippen LogP contribution < -0.4 is 10.3 Å². The first-order valence-corrected chi connectivity index (χ1v) is 7.78. The summed E-state index contributed by atoms with van der Waals surface area (Å²) < 4.78 is 13.4. The van der Waals surface area contributed by atoms with Gasteiger partial charge in [0, 0.05) is 31.5 Å². The van der Waals surface area contributed by atoms with Gasteiger partial charge in [-0.3, -0.25) is 9.59 Å². The Morgan fingerprint density at radius 2 is 2.00 bits per heavy atom. The second-order valence-electron chi connectivity index (χ2n) is 5.81. The molecule has 2 aliphatic heterocycles. The molecule has 2 amide bonds. The number of benzene rings is 1. The largest absolute Gasteiger partial charge is 0.357 e. The van der Waals surface area contributed by atoms with E-state index >= 15 is 0 Å². The summed E-state index contributed by atoms with van der Waals surface area (Å²) in [5.74, 6) is -0.707. The molecule has 0 unspecified atom stereocenters. The van der Waals surface area contributed by atoms with E-state index in [0.717, 1.165) is 17.8 Å². The summed E-state index contributed by atoms with van der Waals surface area (Å²) in [4.78, 5) is 27.3. The van der Waals surface area contributed by atoms with E-state index in [0.29, 0.717) is 29.9 Å². The van der Waals surface area contributed by atoms with Gasteiger partial charge in [0.1, 0.15) is 5.82 Å². The molecular formula is C17H15FN4O2. The minimum absolute atomic E-state index is 0.103. The summed E-state index contributed by atoms with van der Waals surface area (Å²) in [5.41, 5.74) is 3.30. The second-order valence-corrected chi connectivity index (χ2v) is 5.81. The predicted molar refractivity (Wildman–Crippen MR) is 86.5 cm³/mol. The Morgan fingerprint density at radius 1 is 1.12 bits per heavy atom. The summed E-state index contributed by atoms with van der Waals surface area (Å²) >= 11 is 0. The van der Waals surface area contributed by atoms with Crippen LogP contribution in [0.1, 0.15) is 34.6 Å². The van der Waals surface area contributed by atoms with Crippen molar-refractivity contribution in [1.29, 1.82) is 0 Å². The zero-order valence-electron chi connectivity index (χ0n) is 12.8. The molecule has 2 aliphatic rings. The topological polar surface area (TPSA) is 77.6 Å². The molecule has 24 heavy (non-hydrogen) atoms. The molecule has 6 nitrogen and oxygen atoms in total. The quantitative estimate of drug-likeness (QED) is 0.885. The van der Waals surface area contributed by atoms with E-state index in [9.17, 15) is 14.0 Å². The molecular weight excluding hydrogens is 311 g/mol. The number of hydrogen-bond donors (Lipinski definition) is 2. The second kappa shape index (κ2) is 5.59. The molecule has 1 aromatic carbocycles. The molecule has 0 bridgehead atoms. The third kappa shape index (κ3) is 2.47. The van der Waals surface area contributed by atoms with E-state index < -0.39 is 5.82 Å². The van der Waals surface area contributed by atoms with Crippen molar-refractivity contribution in [2.75, 3.05) is 11.6 Å². The van der Waals surface area contributed by atoms with Crippen molar-refractivity contribution in [2.45, 2.75) is 19.3 Å². The third-order valence-corrected chi connectivity index (χ3v) is 4.20. The minimum Gasteiger partial charge on any atom is -0.357 e. The lowest BCUT2D eigenvalue weighted by molar-refractivity contribution is -0.118. The highest BCUT2D eigenvalue weighted by molar-refractivity contribution is 6.09. The Balaban J connectivity index is 1.72. The molecule has 0 aliphatic carbocycles. The highest BCUT2D eigenvalue weighted by atomic mass is 19.1. The Labute approximate surface area is 137 Å². The maximum absolute atomic E-state index is 13.4. The summed E-state index contributed by atoms with van der Waals surface area (Å²) in [6, 6.07) is 7.54. The number of fused-ring (bicyclic) bond motifs is 1. The molecule has 0 atom stereocenters. The van der Waals surface area contributed by atoms with Crippen molar-refractivity contribution in [1.82, 2.24) is 10.3 Å². The summed E-state index contributed by atoms with van der Waals surface area (Å²) in [5, 5.41) is 8.41. The number of carbonyl (C=O) groups excluding carboxylic acids is 2. The number of H-pyrrole nitrogens is 1. The summed E-state index contributed by atoms with van der Waals surface area (Å²) in [6.45, 7) is 0.603. The molecule has 2 N–H and O–H groups in total. The first-order valence-electron chi connectivity index (χ1n) is 7.78. The highest BCUT2D eigenvalue weighted by Crippen LogP contribution is 2.24. The van der Waals surface area contributed by atoms with Crippen LogP contribution in [0.15, 0.2) is 35.4 Å². The number of aromatic amines is 1. The van der Waals surface area contributed by atoms with E-state index in [1.807, 2.05) is 0 Å². The lowest BCUT2D eigenvalue weighted by Crippen LogP contribution is -2.32. The number of aromatic nitrogens is 1. The van der Waals surface area contributed by atoms with Gasteiger partial charge in [-0.1, -0.05) is 6.07 Å². The van der Waals surface area contributed by atoms with Gasteiger partial charge < -0.3 is 10.3 Å². The van der Waals surface area contributed by atoms with Crippen LogP contribution in [-0.4, -0.2) is 29.1 Å². The first-order chi connectivity index (χ1) is 11.6. The van der Waals surface area contributed by atoms with Gasteiger partial charge >= 0.3 is 0 Å². The van der Waals surface area contributed by atoms with Gasteiger partial charge in [-0.15, -0.1) is 0 Å². The minimum atomic E-state index is -0.422. The lowest BCUT2D eigenvalue weighted by Gasteiger charge is -2.23. The standard InChI is InChI=1S/C17H15FN4O2/c18-10-2-1-3-11(8-10)22-16(23)5-4-14(21-22)15-9-12-13(20-15)6-7-19-17(12)24/h1-3,8-9,20H,4-7H2,(H,19,24). The van der Waals surface area contributed by atoms with E-state index in [2.05, 4.69) is 15.4 Å². The number of anilines is 1. The van der Waals surface area contributed by atoms with E-state index in [1.54, 1.807) is 18.2 Å². The van der Waals surface area contributed by atoms with Crippen LogP contribution in [-0.2, 0) is 11.2 Å². The molecule has 0 radical (unpaired) electrons. The first kappa shape index (κ1) is 14.6. The van der Waals surface area contributed by atoms with Gasteiger partial charge in [-0.2, -0.15) is 5.10 Å². The van der Waals surface area contributed by atoms with E-state index in [4.69, 9.17) is 0 Å². The molecule has 0 fully saturated rings. The fourth-order valence-corrected chi connectivity index (χ4v) is 3.00. The molecule has 0 spiro atoms. The Morgan fingerprint density at radius 3 is 2.79 bits per heavy atom. The zero-order chi connectivity index (χ0) is 16.7. The molecule has 1 aromatic heterocycles. The summed E-state index contributed by atoms with van der Waals surface area (Å²) in [7, 11) is 0. The Bertz CT molecular complexity index is 871. The third-order valence-electron chi connectivity index (χ3n) is 4.20. The molecule has 3 heterocycles. The van der Waals surface area contributed by atoms with Gasteiger partial charge in [-0.25, -0.2) is 9.40 Å². The lowest BCUT2D eigenvalue weighted by atomic mass is 10.1. The SMILES string of the molecule is O=C1NCCc2[nH]c(C3=NN(c4cccc(F)c4)C(=O)CC3)cc21. The van der Waals surface area contributed by atoms with Crippen molar-refractivity contribution in [3.05, 3.63) is 53.1 Å². The number of amides is 2. The Hall–Kier alpha value is -2.96. The van der Waals surface area contributed by atoms with Crippen molar-refractivity contribution >= 4 is 23.2 Å². The maximum atomic E-state index is 13.4. The van der Waals surface area contributed by atoms with Gasteiger partial charge in [0.25, 0.3) is 5.91 Å². The van der Waals surface area contributed by atoms with Crippen LogP contribution in [0.5, 0.6) is 0 Å². The summed E-state index contributed by atoms with van der Waals surface area (Å²) in [6.07, 6.45) is 1.50. The van der Waals surface area contributed by atoms with Gasteiger partial charge in [-0.05, 0) is 24.3 Å². The number of carbonyl (C=O) groups is 2. The smallest absolute Gasteiger partial charge is 0.253 e. The average molecular weight is 326 g/mol. The molecule has 0 saturated heterocycles. The van der Waals surface area contributed by atoms with Gasteiger partial charge in [0.05, 0.1) is 22.7 Å². The molecule has 4 rings (SSSR count). The number of nitrogens with one attached hydrogen (secondary N) is 2. The van der Waals surface area contributed by atoms with Gasteiger partial charge in [0.2, 0.25) is 5.91 Å². The van der Waals surface area contributed by atoms with Crippen LogP contribution in [0.25, 0.3) is 0 Å². The van der Waals surface area contributed by atoms with Crippen molar-refractivity contribution in [3.63, 3.8) is 0 Å². The predicted octanol–water partition coefficient (Wildman–Crippen LogP) is 1.97. The number of nitrogens with zero attached hydrogens (tertiary/aromatic N) is 2. The fraction of sp³-hybridized carbons (Fsp3) is 0.235. The normalized spacial score (nSPS) is 17.4. The highest BCUT2D eigenvalue weighted by Gasteiger charge is 2.26. The fourth-order valence-electron chi connectivity index (χ4n) is 3.00. The molecule has 7 heteroatoms. The van der Waals surface area contributed by atoms with Gasteiger partial charge in [0.15, 0.2) is 0 Å². The van der Waals surface area contributed by atoms with Crippen LogP contribution in [0, 0.1) is 5.82 Å². The van der Waals surface area contributed by atoms with Crippen LogP contribution in [0.4, 0.5) is 10.1 Å². The average Bonchev–Trinajstić information content (AvgIpc) is 3.01. The number of rotatable bonds is 2. The number of halogens is 1. The maximum Gasteiger partial charge on any atom is 0.253 e. The molecule has 122 valence electrons. The molecule has 0 saturated carbocycles. The van der Waals surface area contributed by atoms with Crippen molar-refractivity contribution < 1.29 is 14.0 Å².